The van der Waals surface area contributed by atoms with Gasteiger partial charge in [0.15, 0.2) is 0 Å². The Hall–Kier alpha value is -2.58. The highest BCUT2D eigenvalue weighted by Crippen LogP contribution is 2.09. The monoisotopic (exact) mass is 270 g/mol. The quantitative estimate of drug-likeness (QED) is 0.853. The largest absolute Gasteiger partial charge is 0.472 e. The topological polar surface area (TPSA) is 66.6 Å². The maximum absolute atomic E-state index is 12.3. The third-order valence-electron chi connectivity index (χ3n) is 2.64. The molecule has 0 saturated heterocycles. The van der Waals surface area contributed by atoms with Crippen molar-refractivity contribution in [1.29, 1.82) is 0 Å². The van der Waals surface area contributed by atoms with Crippen molar-refractivity contribution in [2.24, 2.45) is 0 Å². The van der Waals surface area contributed by atoms with Crippen LogP contribution in [0.15, 0.2) is 41.5 Å². The van der Waals surface area contributed by atoms with Crippen molar-refractivity contribution in [3.63, 3.8) is 0 Å². The predicted molar refractivity (Wildman–Crippen MR) is 72.7 cm³/mol. The van der Waals surface area contributed by atoms with E-state index >= 15 is 0 Å². The number of aliphatic hydroxyl groups excluding tert-OH is 1. The number of aromatic nitrogens is 1. The van der Waals surface area contributed by atoms with Crippen molar-refractivity contribution in [3.8, 4) is 11.8 Å². The molecule has 0 saturated carbocycles. The van der Waals surface area contributed by atoms with Crippen molar-refractivity contribution in [2.45, 2.75) is 6.54 Å². The van der Waals surface area contributed by atoms with E-state index in [-0.39, 0.29) is 12.5 Å². The summed E-state index contributed by atoms with van der Waals surface area (Å²) in [5.74, 6) is 5.10. The van der Waals surface area contributed by atoms with E-state index in [0.29, 0.717) is 17.7 Å². The summed E-state index contributed by atoms with van der Waals surface area (Å²) in [5, 5.41) is 8.66. The summed E-state index contributed by atoms with van der Waals surface area (Å²) in [7, 11) is 1.71. The van der Waals surface area contributed by atoms with E-state index in [0.717, 1.165) is 5.56 Å². The number of amides is 1. The minimum Gasteiger partial charge on any atom is -0.472 e. The third kappa shape index (κ3) is 3.46. The van der Waals surface area contributed by atoms with Crippen LogP contribution in [0, 0.1) is 11.8 Å². The highest BCUT2D eigenvalue weighted by atomic mass is 16.3. The molecule has 0 bridgehead atoms. The fraction of sp³-hybridized carbons (Fsp3) is 0.200. The summed E-state index contributed by atoms with van der Waals surface area (Å²) in [6.45, 7) is 0.237. The maximum Gasteiger partial charge on any atom is 0.255 e. The van der Waals surface area contributed by atoms with Gasteiger partial charge in [0.2, 0.25) is 0 Å². The molecule has 0 atom stereocenters. The van der Waals surface area contributed by atoms with Crippen LogP contribution in [0.2, 0.25) is 0 Å². The summed E-state index contributed by atoms with van der Waals surface area (Å²) < 4.78 is 4.97. The van der Waals surface area contributed by atoms with Crippen LogP contribution in [0.1, 0.15) is 21.5 Å². The highest BCUT2D eigenvalue weighted by molar-refractivity contribution is 5.94. The van der Waals surface area contributed by atoms with Crippen LogP contribution in [0.5, 0.6) is 0 Å². The molecule has 0 aromatic carbocycles. The van der Waals surface area contributed by atoms with Gasteiger partial charge < -0.3 is 14.4 Å². The average Bonchev–Trinajstić information content (AvgIpc) is 2.97. The molecule has 0 unspecified atom stereocenters. The van der Waals surface area contributed by atoms with Crippen LogP contribution < -0.4 is 0 Å². The Balaban J connectivity index is 2.12. The molecule has 2 heterocycles. The van der Waals surface area contributed by atoms with Gasteiger partial charge in [-0.25, -0.2) is 0 Å². The lowest BCUT2D eigenvalue weighted by Crippen LogP contribution is -2.26. The van der Waals surface area contributed by atoms with Gasteiger partial charge in [-0.15, -0.1) is 0 Å². The van der Waals surface area contributed by atoms with Crippen LogP contribution in [-0.4, -0.2) is 34.6 Å². The van der Waals surface area contributed by atoms with Crippen molar-refractivity contribution in [1.82, 2.24) is 9.88 Å². The van der Waals surface area contributed by atoms with Crippen molar-refractivity contribution in [2.75, 3.05) is 13.7 Å². The van der Waals surface area contributed by atoms with Gasteiger partial charge in [-0.05, 0) is 12.1 Å². The lowest BCUT2D eigenvalue weighted by molar-refractivity contribution is 0.0784. The molecule has 0 fully saturated rings. The van der Waals surface area contributed by atoms with E-state index in [1.165, 1.54) is 6.20 Å². The molecule has 2 rings (SSSR count). The fourth-order valence-electron chi connectivity index (χ4n) is 1.72. The van der Waals surface area contributed by atoms with E-state index in [9.17, 15) is 4.79 Å². The fourth-order valence-corrected chi connectivity index (χ4v) is 1.72. The molecule has 0 aliphatic heterocycles. The number of carbonyl (C=O) groups is 1. The van der Waals surface area contributed by atoms with Gasteiger partial charge in [0, 0.05) is 37.1 Å². The molecule has 0 aliphatic carbocycles. The Labute approximate surface area is 116 Å². The van der Waals surface area contributed by atoms with E-state index < -0.39 is 0 Å². The van der Waals surface area contributed by atoms with Crippen LogP contribution in [-0.2, 0) is 6.54 Å². The molecule has 20 heavy (non-hydrogen) atoms. The number of rotatable bonds is 3. The SMILES string of the molecule is CN(Cc1ccoc1)C(=O)c1cncc(C#CCO)c1. The molecular formula is C15H14N2O3. The molecular weight excluding hydrogens is 256 g/mol. The predicted octanol–water partition coefficient (Wildman–Crippen LogP) is 1.29. The van der Waals surface area contributed by atoms with Gasteiger partial charge >= 0.3 is 0 Å². The minimum atomic E-state index is -0.224. The zero-order valence-electron chi connectivity index (χ0n) is 11.0. The van der Waals surface area contributed by atoms with E-state index in [2.05, 4.69) is 16.8 Å². The molecule has 0 spiro atoms. The van der Waals surface area contributed by atoms with E-state index in [1.54, 1.807) is 36.7 Å². The van der Waals surface area contributed by atoms with Crippen LogP contribution in [0.25, 0.3) is 0 Å². The number of furan rings is 1. The van der Waals surface area contributed by atoms with Gasteiger partial charge in [-0.2, -0.15) is 0 Å². The molecule has 1 N–H and O–H groups in total. The van der Waals surface area contributed by atoms with E-state index in [1.807, 2.05) is 6.07 Å². The Bertz CT molecular complexity index is 639. The summed E-state index contributed by atoms with van der Waals surface area (Å²) in [5.41, 5.74) is 1.98. The number of nitrogens with zero attached hydrogens (tertiary/aromatic N) is 2. The Kier molecular flexibility index (Phi) is 4.53. The molecule has 2 aromatic rings. The number of hydrogen-bond donors (Lipinski definition) is 1. The average molecular weight is 270 g/mol. The van der Waals surface area contributed by atoms with Crippen molar-refractivity contribution >= 4 is 5.91 Å². The number of aliphatic hydroxyl groups is 1. The van der Waals surface area contributed by atoms with Crippen molar-refractivity contribution in [3.05, 3.63) is 53.7 Å². The number of pyridine rings is 1. The molecule has 102 valence electrons. The van der Waals surface area contributed by atoms with Gasteiger partial charge in [0.05, 0.1) is 18.1 Å². The first-order valence-corrected chi connectivity index (χ1v) is 6.02. The standard InChI is InChI=1S/C15H14N2O3/c1-17(10-13-4-6-20-11-13)15(19)14-7-12(3-2-5-18)8-16-9-14/h4,6-9,11,18H,5,10H2,1H3. The molecule has 5 heteroatoms. The highest BCUT2D eigenvalue weighted by Gasteiger charge is 2.13. The zero-order valence-corrected chi connectivity index (χ0v) is 11.0. The minimum absolute atomic E-state index is 0.147. The molecule has 5 nitrogen and oxygen atoms in total. The van der Waals surface area contributed by atoms with Gasteiger partial charge in [0.25, 0.3) is 5.91 Å². The van der Waals surface area contributed by atoms with E-state index in [4.69, 9.17) is 9.52 Å². The van der Waals surface area contributed by atoms with Crippen molar-refractivity contribution < 1.29 is 14.3 Å². The van der Waals surface area contributed by atoms with Crippen LogP contribution in [0.4, 0.5) is 0 Å². The molecule has 2 aromatic heterocycles. The number of hydrogen-bond acceptors (Lipinski definition) is 4. The number of carbonyl (C=O) groups excluding carboxylic acids is 1. The summed E-state index contributed by atoms with van der Waals surface area (Å²) >= 11 is 0. The summed E-state index contributed by atoms with van der Waals surface area (Å²) in [4.78, 5) is 17.8. The first kappa shape index (κ1) is 13.8. The first-order valence-electron chi connectivity index (χ1n) is 6.02. The summed E-state index contributed by atoms with van der Waals surface area (Å²) in [6, 6.07) is 3.47. The first-order chi connectivity index (χ1) is 9.70. The van der Waals surface area contributed by atoms with Gasteiger partial charge in [0.1, 0.15) is 6.61 Å². The molecule has 0 radical (unpaired) electrons. The van der Waals surface area contributed by atoms with Gasteiger partial charge in [-0.3, -0.25) is 9.78 Å². The summed E-state index contributed by atoms with van der Waals surface area (Å²) in [6.07, 6.45) is 6.22. The Morgan fingerprint density at radius 2 is 2.35 bits per heavy atom. The second-order valence-electron chi connectivity index (χ2n) is 4.21. The Morgan fingerprint density at radius 1 is 1.50 bits per heavy atom. The Morgan fingerprint density at radius 3 is 3.05 bits per heavy atom. The zero-order chi connectivity index (χ0) is 14.4. The maximum atomic E-state index is 12.3. The molecule has 1 amide bonds. The molecule has 0 aliphatic rings. The normalized spacial score (nSPS) is 9.70. The van der Waals surface area contributed by atoms with Gasteiger partial charge in [-0.1, -0.05) is 11.8 Å². The second-order valence-corrected chi connectivity index (χ2v) is 4.21. The second kappa shape index (κ2) is 6.55. The lowest BCUT2D eigenvalue weighted by atomic mass is 10.2. The van der Waals surface area contributed by atoms with Crippen LogP contribution in [0.3, 0.4) is 0 Å². The third-order valence-corrected chi connectivity index (χ3v) is 2.64. The lowest BCUT2D eigenvalue weighted by Gasteiger charge is -2.16. The van der Waals surface area contributed by atoms with Crippen LogP contribution >= 0.6 is 0 Å². The smallest absolute Gasteiger partial charge is 0.255 e.